The van der Waals surface area contributed by atoms with Gasteiger partial charge >= 0.3 is 5.97 Å². The van der Waals surface area contributed by atoms with Gasteiger partial charge < -0.3 is 10.1 Å². The van der Waals surface area contributed by atoms with E-state index in [4.69, 9.17) is 0 Å². The van der Waals surface area contributed by atoms with E-state index < -0.39 is 12.0 Å². The third-order valence-corrected chi connectivity index (χ3v) is 3.45. The standard InChI is InChI=1S/C18H19NO3/c1-3-16(18(21)22-2)19-17(20)15-11-9-14(10-12-15)13-7-5-4-6-8-13/h4-12,16H,3H2,1-2H3,(H,19,20)/t16-/m0/s1. The first kappa shape index (κ1) is 15.8. The van der Waals surface area contributed by atoms with Gasteiger partial charge in [-0.05, 0) is 29.7 Å². The van der Waals surface area contributed by atoms with Crippen LogP contribution in [0.4, 0.5) is 0 Å². The lowest BCUT2D eigenvalue weighted by Gasteiger charge is -2.14. The molecule has 0 radical (unpaired) electrons. The number of amides is 1. The van der Waals surface area contributed by atoms with Crippen LogP contribution >= 0.6 is 0 Å². The van der Waals surface area contributed by atoms with E-state index in [2.05, 4.69) is 10.1 Å². The van der Waals surface area contributed by atoms with Gasteiger partial charge in [0.25, 0.3) is 5.91 Å². The van der Waals surface area contributed by atoms with Gasteiger partial charge in [-0.15, -0.1) is 0 Å². The maximum absolute atomic E-state index is 12.2. The highest BCUT2D eigenvalue weighted by Gasteiger charge is 2.19. The van der Waals surface area contributed by atoms with E-state index >= 15 is 0 Å². The van der Waals surface area contributed by atoms with Gasteiger partial charge in [0, 0.05) is 5.56 Å². The zero-order valence-electron chi connectivity index (χ0n) is 12.7. The Kier molecular flexibility index (Phi) is 5.31. The van der Waals surface area contributed by atoms with E-state index in [9.17, 15) is 9.59 Å². The summed E-state index contributed by atoms with van der Waals surface area (Å²) >= 11 is 0. The molecule has 2 aromatic rings. The van der Waals surface area contributed by atoms with Crippen molar-refractivity contribution in [2.75, 3.05) is 7.11 Å². The average molecular weight is 297 g/mol. The Hall–Kier alpha value is -2.62. The number of methoxy groups -OCH3 is 1. The van der Waals surface area contributed by atoms with E-state index in [0.717, 1.165) is 11.1 Å². The molecule has 0 heterocycles. The smallest absolute Gasteiger partial charge is 0.328 e. The van der Waals surface area contributed by atoms with Gasteiger partial charge in [-0.1, -0.05) is 49.4 Å². The molecule has 22 heavy (non-hydrogen) atoms. The van der Waals surface area contributed by atoms with Crippen LogP contribution in [0.1, 0.15) is 23.7 Å². The number of nitrogens with one attached hydrogen (secondary N) is 1. The first-order valence-corrected chi connectivity index (χ1v) is 7.20. The number of ether oxygens (including phenoxy) is 1. The quantitative estimate of drug-likeness (QED) is 0.863. The maximum Gasteiger partial charge on any atom is 0.328 e. The summed E-state index contributed by atoms with van der Waals surface area (Å²) in [7, 11) is 1.31. The van der Waals surface area contributed by atoms with E-state index in [1.807, 2.05) is 49.4 Å². The summed E-state index contributed by atoms with van der Waals surface area (Å²) in [6.07, 6.45) is 0.487. The molecule has 0 bridgehead atoms. The topological polar surface area (TPSA) is 55.4 Å². The van der Waals surface area contributed by atoms with Crippen LogP contribution in [0.2, 0.25) is 0 Å². The molecule has 4 heteroatoms. The number of hydrogen-bond donors (Lipinski definition) is 1. The molecule has 4 nitrogen and oxygen atoms in total. The molecule has 0 saturated carbocycles. The Morgan fingerprint density at radius 3 is 2.14 bits per heavy atom. The molecule has 1 N–H and O–H groups in total. The highest BCUT2D eigenvalue weighted by Crippen LogP contribution is 2.19. The van der Waals surface area contributed by atoms with Crippen LogP contribution in [0.5, 0.6) is 0 Å². The van der Waals surface area contributed by atoms with Crippen LogP contribution in [0.15, 0.2) is 54.6 Å². The van der Waals surface area contributed by atoms with Crippen LogP contribution < -0.4 is 5.32 Å². The number of hydrogen-bond acceptors (Lipinski definition) is 3. The van der Waals surface area contributed by atoms with Crippen molar-refractivity contribution >= 4 is 11.9 Å². The molecule has 0 spiro atoms. The van der Waals surface area contributed by atoms with Crippen LogP contribution in [0.25, 0.3) is 11.1 Å². The maximum atomic E-state index is 12.2. The summed E-state index contributed by atoms with van der Waals surface area (Å²) in [6, 6.07) is 16.6. The predicted molar refractivity (Wildman–Crippen MR) is 85.4 cm³/mol. The first-order valence-electron chi connectivity index (χ1n) is 7.20. The molecule has 0 aromatic heterocycles. The van der Waals surface area contributed by atoms with Crippen molar-refractivity contribution in [3.05, 3.63) is 60.2 Å². The third-order valence-electron chi connectivity index (χ3n) is 3.45. The van der Waals surface area contributed by atoms with Gasteiger partial charge in [-0.3, -0.25) is 4.79 Å². The summed E-state index contributed by atoms with van der Waals surface area (Å²) < 4.78 is 4.66. The van der Waals surface area contributed by atoms with E-state index in [0.29, 0.717) is 12.0 Å². The second-order valence-corrected chi connectivity index (χ2v) is 4.90. The number of rotatable bonds is 5. The Balaban J connectivity index is 2.10. The minimum atomic E-state index is -0.619. The zero-order chi connectivity index (χ0) is 15.9. The van der Waals surface area contributed by atoms with Crippen molar-refractivity contribution in [2.24, 2.45) is 0 Å². The molecule has 0 fully saturated rings. The van der Waals surface area contributed by atoms with Gasteiger partial charge in [0.2, 0.25) is 0 Å². The molecule has 0 unspecified atom stereocenters. The number of benzene rings is 2. The fraction of sp³-hybridized carbons (Fsp3) is 0.222. The zero-order valence-corrected chi connectivity index (χ0v) is 12.7. The van der Waals surface area contributed by atoms with Gasteiger partial charge in [0.05, 0.1) is 7.11 Å². The lowest BCUT2D eigenvalue weighted by Crippen LogP contribution is -2.40. The lowest BCUT2D eigenvalue weighted by molar-refractivity contribution is -0.142. The van der Waals surface area contributed by atoms with E-state index in [-0.39, 0.29) is 5.91 Å². The molecule has 0 aliphatic rings. The summed E-state index contributed by atoms with van der Waals surface area (Å²) in [4.78, 5) is 23.7. The average Bonchev–Trinajstić information content (AvgIpc) is 2.59. The number of esters is 1. The summed E-state index contributed by atoms with van der Waals surface area (Å²) in [6.45, 7) is 1.82. The van der Waals surface area contributed by atoms with Gasteiger partial charge in [-0.25, -0.2) is 4.79 Å². The largest absolute Gasteiger partial charge is 0.467 e. The molecular weight excluding hydrogens is 278 g/mol. The number of carbonyl (C=O) groups excluding carboxylic acids is 2. The van der Waals surface area contributed by atoms with Crippen molar-refractivity contribution in [2.45, 2.75) is 19.4 Å². The monoisotopic (exact) mass is 297 g/mol. The van der Waals surface area contributed by atoms with Crippen molar-refractivity contribution in [3.63, 3.8) is 0 Å². The summed E-state index contributed by atoms with van der Waals surface area (Å²) in [5.41, 5.74) is 2.65. The fourth-order valence-corrected chi connectivity index (χ4v) is 2.16. The Bertz CT molecular complexity index is 635. The second-order valence-electron chi connectivity index (χ2n) is 4.90. The van der Waals surface area contributed by atoms with Gasteiger partial charge in [-0.2, -0.15) is 0 Å². The highest BCUT2D eigenvalue weighted by atomic mass is 16.5. The lowest BCUT2D eigenvalue weighted by atomic mass is 10.0. The van der Waals surface area contributed by atoms with Gasteiger partial charge in [0.15, 0.2) is 0 Å². The molecule has 1 amide bonds. The highest BCUT2D eigenvalue weighted by molar-refractivity contribution is 5.97. The van der Waals surface area contributed by atoms with Crippen LogP contribution in [-0.4, -0.2) is 25.0 Å². The molecule has 0 saturated heterocycles. The van der Waals surface area contributed by atoms with Gasteiger partial charge in [0.1, 0.15) is 6.04 Å². The van der Waals surface area contributed by atoms with Crippen molar-refractivity contribution in [1.29, 1.82) is 0 Å². The van der Waals surface area contributed by atoms with Crippen molar-refractivity contribution < 1.29 is 14.3 Å². The normalized spacial score (nSPS) is 11.5. The fourth-order valence-electron chi connectivity index (χ4n) is 2.16. The Labute approximate surface area is 130 Å². The Morgan fingerprint density at radius 1 is 1.00 bits per heavy atom. The van der Waals surface area contributed by atoms with Crippen molar-refractivity contribution in [1.82, 2.24) is 5.32 Å². The predicted octanol–water partition coefficient (Wildman–Crippen LogP) is 3.04. The van der Waals surface area contributed by atoms with Crippen molar-refractivity contribution in [3.8, 4) is 11.1 Å². The summed E-state index contributed by atoms with van der Waals surface area (Å²) in [5.74, 6) is -0.714. The minimum Gasteiger partial charge on any atom is -0.467 e. The van der Waals surface area contributed by atoms with Crippen LogP contribution in [-0.2, 0) is 9.53 Å². The van der Waals surface area contributed by atoms with Crippen LogP contribution in [0.3, 0.4) is 0 Å². The molecule has 114 valence electrons. The third kappa shape index (κ3) is 3.73. The SMILES string of the molecule is CC[C@H](NC(=O)c1ccc(-c2ccccc2)cc1)C(=O)OC. The molecule has 0 aliphatic heterocycles. The molecule has 2 rings (SSSR count). The molecule has 2 aromatic carbocycles. The van der Waals surface area contributed by atoms with E-state index in [1.165, 1.54) is 7.11 Å². The van der Waals surface area contributed by atoms with Crippen LogP contribution in [0, 0.1) is 0 Å². The molecule has 0 aliphatic carbocycles. The Morgan fingerprint density at radius 2 is 1.59 bits per heavy atom. The molecule has 1 atom stereocenters. The summed E-state index contributed by atoms with van der Waals surface area (Å²) in [5, 5.41) is 2.68. The second kappa shape index (κ2) is 7.41. The first-order chi connectivity index (χ1) is 10.7. The number of carbonyl (C=O) groups is 2. The molecular formula is C18H19NO3. The minimum absolute atomic E-state index is 0.281. The van der Waals surface area contributed by atoms with E-state index in [1.54, 1.807) is 12.1 Å².